The van der Waals surface area contributed by atoms with Gasteiger partial charge in [0.15, 0.2) is 17.8 Å². The lowest BCUT2D eigenvalue weighted by Crippen LogP contribution is -2.15. The second kappa shape index (κ2) is 5.57. The van der Waals surface area contributed by atoms with E-state index in [-0.39, 0.29) is 0 Å². The maximum atomic E-state index is 11.0. The normalized spacial score (nSPS) is 13.2. The van der Waals surface area contributed by atoms with Gasteiger partial charge in [0.05, 0.1) is 12.2 Å². The summed E-state index contributed by atoms with van der Waals surface area (Å²) in [6.45, 7) is 3.74. The molecule has 0 radical (unpaired) electrons. The zero-order valence-corrected chi connectivity index (χ0v) is 9.90. The van der Waals surface area contributed by atoms with Crippen molar-refractivity contribution in [2.24, 2.45) is 0 Å². The summed E-state index contributed by atoms with van der Waals surface area (Å²) in [4.78, 5) is 11.0. The molecule has 1 aromatic rings. The summed E-state index contributed by atoms with van der Waals surface area (Å²) >= 11 is 0. The first-order valence-corrected chi connectivity index (χ1v) is 5.86. The number of hydrogen-bond acceptors (Lipinski definition) is 4. The Labute approximate surface area is 100 Å². The molecule has 0 bridgehead atoms. The van der Waals surface area contributed by atoms with Gasteiger partial charge >= 0.3 is 0 Å². The minimum absolute atomic E-state index is 0.505. The second-order valence-corrected chi connectivity index (χ2v) is 3.85. The Morgan fingerprint density at radius 3 is 2.65 bits per heavy atom. The van der Waals surface area contributed by atoms with E-state index in [0.29, 0.717) is 42.6 Å². The van der Waals surface area contributed by atoms with Crippen LogP contribution in [0.15, 0.2) is 12.1 Å². The largest absolute Gasteiger partial charge is 0.493 e. The lowest BCUT2D eigenvalue weighted by Gasteiger charge is -2.20. The van der Waals surface area contributed by atoms with Crippen LogP contribution in [-0.2, 0) is 0 Å². The van der Waals surface area contributed by atoms with Crippen molar-refractivity contribution in [3.8, 4) is 17.2 Å². The van der Waals surface area contributed by atoms with Crippen molar-refractivity contribution in [1.29, 1.82) is 0 Å². The molecule has 2 rings (SSSR count). The smallest absolute Gasteiger partial charge is 0.165 e. The van der Waals surface area contributed by atoms with E-state index in [9.17, 15) is 4.79 Å². The Bertz CT molecular complexity index is 401. The molecule has 0 unspecified atom stereocenters. The molecule has 0 spiro atoms. The van der Waals surface area contributed by atoms with Gasteiger partial charge in [-0.05, 0) is 12.5 Å². The lowest BCUT2D eigenvalue weighted by atomic mass is 10.2. The molecule has 0 aromatic heterocycles. The highest BCUT2D eigenvalue weighted by molar-refractivity contribution is 5.81. The number of benzene rings is 1. The Kier molecular flexibility index (Phi) is 3.85. The minimum atomic E-state index is 0.505. The summed E-state index contributed by atoms with van der Waals surface area (Å²) in [5, 5.41) is 0. The van der Waals surface area contributed by atoms with E-state index >= 15 is 0 Å². The van der Waals surface area contributed by atoms with Gasteiger partial charge in [-0.25, -0.2) is 0 Å². The molecular weight excluding hydrogens is 220 g/mol. The van der Waals surface area contributed by atoms with Crippen LogP contribution < -0.4 is 14.2 Å². The molecule has 4 nitrogen and oxygen atoms in total. The lowest BCUT2D eigenvalue weighted by molar-refractivity contribution is 0.111. The van der Waals surface area contributed by atoms with E-state index < -0.39 is 0 Å². The van der Waals surface area contributed by atoms with Crippen LogP contribution in [0.1, 0.15) is 30.1 Å². The SMILES string of the molecule is CCCCOc1cc2c(cc1C=O)OCCO2. The van der Waals surface area contributed by atoms with Crippen LogP contribution >= 0.6 is 0 Å². The maximum absolute atomic E-state index is 11.0. The van der Waals surface area contributed by atoms with Gasteiger partial charge in [0.2, 0.25) is 0 Å². The zero-order valence-electron chi connectivity index (χ0n) is 9.90. The van der Waals surface area contributed by atoms with E-state index in [4.69, 9.17) is 14.2 Å². The highest BCUT2D eigenvalue weighted by Crippen LogP contribution is 2.36. The van der Waals surface area contributed by atoms with Crippen molar-refractivity contribution in [2.75, 3.05) is 19.8 Å². The first kappa shape index (κ1) is 11.8. The van der Waals surface area contributed by atoms with Crippen LogP contribution in [0.2, 0.25) is 0 Å². The Morgan fingerprint density at radius 1 is 1.29 bits per heavy atom. The van der Waals surface area contributed by atoms with Gasteiger partial charge in [-0.1, -0.05) is 13.3 Å². The molecule has 92 valence electrons. The molecule has 1 aliphatic heterocycles. The summed E-state index contributed by atoms with van der Waals surface area (Å²) < 4.78 is 16.4. The highest BCUT2D eigenvalue weighted by Gasteiger charge is 2.16. The Morgan fingerprint density at radius 2 is 2.00 bits per heavy atom. The third-order valence-electron chi connectivity index (χ3n) is 2.56. The molecule has 0 atom stereocenters. The fourth-order valence-corrected chi connectivity index (χ4v) is 1.63. The van der Waals surface area contributed by atoms with E-state index in [0.717, 1.165) is 19.1 Å². The Balaban J connectivity index is 2.20. The summed E-state index contributed by atoms with van der Waals surface area (Å²) in [5.41, 5.74) is 0.505. The number of aldehydes is 1. The van der Waals surface area contributed by atoms with Crippen molar-refractivity contribution >= 4 is 6.29 Å². The number of unbranched alkanes of at least 4 members (excludes halogenated alkanes) is 1. The number of fused-ring (bicyclic) bond motifs is 1. The first-order valence-electron chi connectivity index (χ1n) is 5.86. The summed E-state index contributed by atoms with van der Waals surface area (Å²) in [7, 11) is 0. The van der Waals surface area contributed by atoms with Gasteiger partial charge in [0.25, 0.3) is 0 Å². The van der Waals surface area contributed by atoms with Crippen molar-refractivity contribution < 1.29 is 19.0 Å². The topological polar surface area (TPSA) is 44.8 Å². The van der Waals surface area contributed by atoms with E-state index in [1.807, 2.05) is 0 Å². The molecule has 1 aliphatic rings. The molecule has 0 saturated carbocycles. The van der Waals surface area contributed by atoms with Crippen molar-refractivity contribution in [2.45, 2.75) is 19.8 Å². The molecule has 0 fully saturated rings. The van der Waals surface area contributed by atoms with E-state index in [1.54, 1.807) is 12.1 Å². The minimum Gasteiger partial charge on any atom is -0.493 e. The predicted octanol–water partition coefficient (Wildman–Crippen LogP) is 2.45. The monoisotopic (exact) mass is 236 g/mol. The average Bonchev–Trinajstić information content (AvgIpc) is 2.38. The second-order valence-electron chi connectivity index (χ2n) is 3.85. The average molecular weight is 236 g/mol. The maximum Gasteiger partial charge on any atom is 0.165 e. The number of rotatable bonds is 5. The van der Waals surface area contributed by atoms with Gasteiger partial charge in [-0.3, -0.25) is 4.79 Å². The molecule has 0 N–H and O–H groups in total. The number of carbonyl (C=O) groups is 1. The van der Waals surface area contributed by atoms with Crippen molar-refractivity contribution in [1.82, 2.24) is 0 Å². The third-order valence-corrected chi connectivity index (χ3v) is 2.56. The molecule has 1 heterocycles. The quantitative estimate of drug-likeness (QED) is 0.582. The van der Waals surface area contributed by atoms with Gasteiger partial charge < -0.3 is 14.2 Å². The van der Waals surface area contributed by atoms with E-state index in [1.165, 1.54) is 0 Å². The summed E-state index contributed by atoms with van der Waals surface area (Å²) in [6, 6.07) is 3.40. The van der Waals surface area contributed by atoms with Crippen LogP contribution in [0.25, 0.3) is 0 Å². The molecule has 17 heavy (non-hydrogen) atoms. The van der Waals surface area contributed by atoms with Gasteiger partial charge in [0, 0.05) is 6.07 Å². The highest BCUT2D eigenvalue weighted by atomic mass is 16.6. The van der Waals surface area contributed by atoms with Crippen LogP contribution in [0.4, 0.5) is 0 Å². The molecule has 4 heteroatoms. The van der Waals surface area contributed by atoms with Crippen LogP contribution in [0.3, 0.4) is 0 Å². The molecule has 0 amide bonds. The number of ether oxygens (including phenoxy) is 3. The number of hydrogen-bond donors (Lipinski definition) is 0. The standard InChI is InChI=1S/C13H16O4/c1-2-3-4-15-11-8-13-12(7-10(11)9-14)16-5-6-17-13/h7-9H,2-6H2,1H3. The van der Waals surface area contributed by atoms with Gasteiger partial charge in [-0.2, -0.15) is 0 Å². The van der Waals surface area contributed by atoms with Crippen molar-refractivity contribution in [3.05, 3.63) is 17.7 Å². The van der Waals surface area contributed by atoms with Crippen molar-refractivity contribution in [3.63, 3.8) is 0 Å². The van der Waals surface area contributed by atoms with E-state index in [2.05, 4.69) is 6.92 Å². The Hall–Kier alpha value is -1.71. The van der Waals surface area contributed by atoms with Crippen LogP contribution in [-0.4, -0.2) is 26.1 Å². The fraction of sp³-hybridized carbons (Fsp3) is 0.462. The van der Waals surface area contributed by atoms with Gasteiger partial charge in [-0.15, -0.1) is 0 Å². The van der Waals surface area contributed by atoms with Crippen LogP contribution in [0.5, 0.6) is 17.2 Å². The molecule has 0 saturated heterocycles. The first-order chi connectivity index (χ1) is 8.35. The molecule has 0 aliphatic carbocycles. The predicted molar refractivity (Wildman–Crippen MR) is 63.2 cm³/mol. The van der Waals surface area contributed by atoms with Crippen LogP contribution in [0, 0.1) is 0 Å². The third kappa shape index (κ3) is 2.70. The number of carbonyl (C=O) groups excluding carboxylic acids is 1. The zero-order chi connectivity index (χ0) is 12.1. The summed E-state index contributed by atoms with van der Waals surface area (Å²) in [6.07, 6.45) is 2.80. The van der Waals surface area contributed by atoms with Gasteiger partial charge in [0.1, 0.15) is 19.0 Å². The fourth-order valence-electron chi connectivity index (χ4n) is 1.63. The molecular formula is C13H16O4. The molecule has 1 aromatic carbocycles. The summed E-state index contributed by atoms with van der Waals surface area (Å²) in [5.74, 6) is 1.83.